The van der Waals surface area contributed by atoms with Crippen molar-refractivity contribution in [2.75, 3.05) is 24.3 Å². The second-order valence-corrected chi connectivity index (χ2v) is 4.32. The van der Waals surface area contributed by atoms with Gasteiger partial charge in [-0.2, -0.15) is 11.8 Å². The Morgan fingerprint density at radius 2 is 2.43 bits per heavy atom. The zero-order chi connectivity index (χ0) is 10.4. The lowest BCUT2D eigenvalue weighted by Crippen LogP contribution is -2.20. The van der Waals surface area contributed by atoms with Gasteiger partial charge in [-0.15, -0.1) is 0 Å². The van der Waals surface area contributed by atoms with Crippen molar-refractivity contribution in [3.63, 3.8) is 0 Å². The average molecular weight is 211 g/mol. The third-order valence-electron chi connectivity index (χ3n) is 2.10. The van der Waals surface area contributed by atoms with Crippen LogP contribution < -0.4 is 11.1 Å². The van der Waals surface area contributed by atoms with E-state index in [0.717, 1.165) is 22.8 Å². The molecule has 1 aromatic heterocycles. The first-order valence-corrected chi connectivity index (χ1v) is 5.89. The molecule has 0 spiro atoms. The van der Waals surface area contributed by atoms with Gasteiger partial charge in [0.1, 0.15) is 0 Å². The van der Waals surface area contributed by atoms with Crippen LogP contribution in [0.5, 0.6) is 0 Å². The summed E-state index contributed by atoms with van der Waals surface area (Å²) in [7, 11) is 1.95. The third kappa shape index (κ3) is 2.89. The van der Waals surface area contributed by atoms with Gasteiger partial charge < -0.3 is 11.1 Å². The Morgan fingerprint density at radius 1 is 1.64 bits per heavy atom. The number of pyridine rings is 1. The highest BCUT2D eigenvalue weighted by Crippen LogP contribution is 2.21. The van der Waals surface area contributed by atoms with Crippen LogP contribution in [0.2, 0.25) is 0 Å². The first kappa shape index (κ1) is 11.3. The van der Waals surface area contributed by atoms with Crippen molar-refractivity contribution in [2.24, 2.45) is 0 Å². The molecule has 0 aliphatic carbocycles. The summed E-state index contributed by atoms with van der Waals surface area (Å²) in [5.41, 5.74) is 7.79. The number of nitrogens with two attached hydrogens (primary N) is 1. The molecule has 1 unspecified atom stereocenters. The molecular formula is C10H17N3S. The number of hydrogen-bond donors (Lipinski definition) is 2. The lowest BCUT2D eigenvalue weighted by Gasteiger charge is -2.17. The molecule has 14 heavy (non-hydrogen) atoms. The molecule has 0 saturated heterocycles. The SMILES string of the molecule is CCSCC(NC)c1cnccc1N. The van der Waals surface area contributed by atoms with Crippen molar-refractivity contribution >= 4 is 17.4 Å². The molecule has 4 heteroatoms. The smallest absolute Gasteiger partial charge is 0.0445 e. The van der Waals surface area contributed by atoms with Gasteiger partial charge in [0.25, 0.3) is 0 Å². The van der Waals surface area contributed by atoms with Gasteiger partial charge in [0.15, 0.2) is 0 Å². The first-order chi connectivity index (χ1) is 6.79. The van der Waals surface area contributed by atoms with Crippen molar-refractivity contribution in [2.45, 2.75) is 13.0 Å². The van der Waals surface area contributed by atoms with Crippen molar-refractivity contribution in [3.8, 4) is 0 Å². The quantitative estimate of drug-likeness (QED) is 0.778. The average Bonchev–Trinajstić information content (AvgIpc) is 2.21. The number of thioether (sulfide) groups is 1. The molecule has 1 heterocycles. The normalized spacial score (nSPS) is 12.7. The highest BCUT2D eigenvalue weighted by atomic mass is 32.2. The van der Waals surface area contributed by atoms with Gasteiger partial charge in [-0.25, -0.2) is 0 Å². The summed E-state index contributed by atoms with van der Waals surface area (Å²) >= 11 is 1.90. The summed E-state index contributed by atoms with van der Waals surface area (Å²) in [6.45, 7) is 2.16. The van der Waals surface area contributed by atoms with Crippen molar-refractivity contribution < 1.29 is 0 Å². The minimum absolute atomic E-state index is 0.300. The van der Waals surface area contributed by atoms with E-state index >= 15 is 0 Å². The highest BCUT2D eigenvalue weighted by Gasteiger charge is 2.11. The van der Waals surface area contributed by atoms with Crippen molar-refractivity contribution in [3.05, 3.63) is 24.0 Å². The zero-order valence-electron chi connectivity index (χ0n) is 8.66. The van der Waals surface area contributed by atoms with Gasteiger partial charge in [-0.05, 0) is 18.9 Å². The molecule has 1 aromatic rings. The van der Waals surface area contributed by atoms with Crippen LogP contribution in [0.3, 0.4) is 0 Å². The molecule has 0 amide bonds. The highest BCUT2D eigenvalue weighted by molar-refractivity contribution is 7.99. The lowest BCUT2D eigenvalue weighted by atomic mass is 10.1. The first-order valence-electron chi connectivity index (χ1n) is 4.74. The van der Waals surface area contributed by atoms with Crippen LogP contribution in [-0.2, 0) is 0 Å². The second-order valence-electron chi connectivity index (χ2n) is 3.01. The topological polar surface area (TPSA) is 50.9 Å². The Labute approximate surface area is 89.5 Å². The molecule has 0 bridgehead atoms. The van der Waals surface area contributed by atoms with Crippen LogP contribution in [0.25, 0.3) is 0 Å². The summed E-state index contributed by atoms with van der Waals surface area (Å²) in [6, 6.07) is 2.14. The molecule has 1 rings (SSSR count). The molecule has 0 aliphatic heterocycles. The fourth-order valence-electron chi connectivity index (χ4n) is 1.27. The maximum absolute atomic E-state index is 5.88. The number of rotatable bonds is 5. The minimum atomic E-state index is 0.300. The Balaban J connectivity index is 2.73. The predicted octanol–water partition coefficient (Wildman–Crippen LogP) is 1.68. The van der Waals surface area contributed by atoms with Crippen LogP contribution in [0.15, 0.2) is 18.5 Å². The predicted molar refractivity (Wildman–Crippen MR) is 63.4 cm³/mol. The standard InChI is InChI=1S/C10H17N3S/c1-3-14-7-10(12-2)8-6-13-5-4-9(8)11/h4-6,10,12H,3,7H2,1-2H3,(H2,11,13). The van der Waals surface area contributed by atoms with Crippen LogP contribution in [0, 0.1) is 0 Å². The number of hydrogen-bond acceptors (Lipinski definition) is 4. The number of nitrogen functional groups attached to an aromatic ring is 1. The Kier molecular flexibility index (Phi) is 4.76. The summed E-state index contributed by atoms with van der Waals surface area (Å²) in [5.74, 6) is 2.15. The maximum atomic E-state index is 5.88. The minimum Gasteiger partial charge on any atom is -0.398 e. The van der Waals surface area contributed by atoms with E-state index in [0.29, 0.717) is 6.04 Å². The maximum Gasteiger partial charge on any atom is 0.0445 e. The lowest BCUT2D eigenvalue weighted by molar-refractivity contribution is 0.661. The Bertz CT molecular complexity index is 278. The van der Waals surface area contributed by atoms with Crippen LogP contribution in [-0.4, -0.2) is 23.5 Å². The molecule has 0 fully saturated rings. The fraction of sp³-hybridized carbons (Fsp3) is 0.500. The van der Waals surface area contributed by atoms with Crippen LogP contribution in [0.1, 0.15) is 18.5 Å². The van der Waals surface area contributed by atoms with E-state index in [-0.39, 0.29) is 0 Å². The molecule has 0 radical (unpaired) electrons. The summed E-state index contributed by atoms with van der Waals surface area (Å²) in [5, 5.41) is 3.25. The molecule has 3 nitrogen and oxygen atoms in total. The molecule has 3 N–H and O–H groups in total. The Morgan fingerprint density at radius 3 is 3.00 bits per heavy atom. The fourth-order valence-corrected chi connectivity index (χ4v) is 2.09. The van der Waals surface area contributed by atoms with E-state index < -0.39 is 0 Å². The van der Waals surface area contributed by atoms with E-state index in [4.69, 9.17) is 5.73 Å². The zero-order valence-corrected chi connectivity index (χ0v) is 9.47. The van der Waals surface area contributed by atoms with Gasteiger partial charge in [-0.3, -0.25) is 4.98 Å². The van der Waals surface area contributed by atoms with Gasteiger partial charge in [0, 0.05) is 35.4 Å². The van der Waals surface area contributed by atoms with E-state index in [2.05, 4.69) is 17.2 Å². The van der Waals surface area contributed by atoms with Gasteiger partial charge in [-0.1, -0.05) is 6.92 Å². The Hall–Kier alpha value is -0.740. The van der Waals surface area contributed by atoms with E-state index in [1.165, 1.54) is 0 Å². The second kappa shape index (κ2) is 5.88. The van der Waals surface area contributed by atoms with Crippen LogP contribution >= 0.6 is 11.8 Å². The van der Waals surface area contributed by atoms with E-state index in [9.17, 15) is 0 Å². The number of nitrogens with zero attached hydrogens (tertiary/aromatic N) is 1. The molecule has 0 aliphatic rings. The number of anilines is 1. The number of aromatic nitrogens is 1. The summed E-state index contributed by atoms with van der Waals surface area (Å²) in [4.78, 5) is 4.09. The molecule has 0 saturated carbocycles. The summed E-state index contributed by atoms with van der Waals surface area (Å²) in [6.07, 6.45) is 3.56. The molecule has 1 atom stereocenters. The molecule has 0 aromatic carbocycles. The molecule has 78 valence electrons. The third-order valence-corrected chi connectivity index (χ3v) is 3.08. The number of nitrogens with one attached hydrogen (secondary N) is 1. The van der Waals surface area contributed by atoms with E-state index in [1.807, 2.05) is 31.1 Å². The van der Waals surface area contributed by atoms with Gasteiger partial charge in [0.05, 0.1) is 0 Å². The monoisotopic (exact) mass is 211 g/mol. The van der Waals surface area contributed by atoms with Crippen molar-refractivity contribution in [1.82, 2.24) is 10.3 Å². The van der Waals surface area contributed by atoms with Crippen molar-refractivity contribution in [1.29, 1.82) is 0 Å². The largest absolute Gasteiger partial charge is 0.398 e. The van der Waals surface area contributed by atoms with Crippen LogP contribution in [0.4, 0.5) is 5.69 Å². The van der Waals surface area contributed by atoms with Gasteiger partial charge in [0.2, 0.25) is 0 Å². The van der Waals surface area contributed by atoms with Gasteiger partial charge >= 0.3 is 0 Å². The molecular weight excluding hydrogens is 194 g/mol. The summed E-state index contributed by atoms with van der Waals surface area (Å²) < 4.78 is 0. The van der Waals surface area contributed by atoms with E-state index in [1.54, 1.807) is 6.20 Å².